The number of halogens is 3. The van der Waals surface area contributed by atoms with Gasteiger partial charge in [-0.1, -0.05) is 5.16 Å². The molecule has 2 aromatic rings. The van der Waals surface area contributed by atoms with Gasteiger partial charge in [-0.3, -0.25) is 14.9 Å². The number of nitrogens with one attached hydrogen (secondary N) is 1. The van der Waals surface area contributed by atoms with Gasteiger partial charge in [-0.05, 0) is 19.1 Å². The summed E-state index contributed by atoms with van der Waals surface area (Å²) in [4.78, 5) is 21.2. The molecule has 10 heteroatoms. The molecule has 1 aromatic carbocycles. The number of aromatic nitrogens is 1. The Bertz CT molecular complexity index is 739. The van der Waals surface area contributed by atoms with Crippen molar-refractivity contribution in [2.75, 3.05) is 5.32 Å². The predicted molar refractivity (Wildman–Crippen MR) is 67.3 cm³/mol. The molecule has 1 aromatic heterocycles. The molecule has 0 saturated heterocycles. The van der Waals surface area contributed by atoms with Gasteiger partial charge in [0, 0.05) is 17.8 Å². The SMILES string of the molecule is Cc1cc(C(=O)Nc2ccc([N+](=O)[O-])c(C(F)(F)F)c2)on1. The normalized spacial score (nSPS) is 11.3. The first-order chi connectivity index (χ1) is 10.2. The molecule has 7 nitrogen and oxygen atoms in total. The van der Waals surface area contributed by atoms with E-state index in [9.17, 15) is 28.1 Å². The molecule has 1 amide bonds. The minimum Gasteiger partial charge on any atom is -0.351 e. The predicted octanol–water partition coefficient (Wildman–Crippen LogP) is 3.16. The third-order valence-electron chi connectivity index (χ3n) is 2.61. The van der Waals surface area contributed by atoms with Gasteiger partial charge in [-0.25, -0.2) is 0 Å². The Labute approximate surface area is 120 Å². The Morgan fingerprint density at radius 2 is 2.05 bits per heavy atom. The smallest absolute Gasteiger partial charge is 0.351 e. The zero-order chi connectivity index (χ0) is 16.5. The standard InChI is InChI=1S/C12H8F3N3O4/c1-6-4-10(22-17-6)11(19)16-7-2-3-9(18(20)21)8(5-7)12(13,14)15/h2-5H,1H3,(H,16,19). The van der Waals surface area contributed by atoms with Crippen molar-refractivity contribution in [3.63, 3.8) is 0 Å². The summed E-state index contributed by atoms with van der Waals surface area (Å²) in [5.41, 5.74) is -2.38. The third kappa shape index (κ3) is 3.22. The first-order valence-electron chi connectivity index (χ1n) is 5.79. The maximum atomic E-state index is 12.8. The number of benzene rings is 1. The summed E-state index contributed by atoms with van der Waals surface area (Å²) < 4.78 is 43.1. The molecule has 0 aliphatic rings. The highest BCUT2D eigenvalue weighted by molar-refractivity contribution is 6.02. The van der Waals surface area contributed by atoms with Crippen molar-refractivity contribution in [1.29, 1.82) is 0 Å². The lowest BCUT2D eigenvalue weighted by atomic mass is 10.1. The van der Waals surface area contributed by atoms with Gasteiger partial charge in [0.2, 0.25) is 5.76 Å². The number of anilines is 1. The minimum absolute atomic E-state index is 0.190. The van der Waals surface area contributed by atoms with Crippen LogP contribution in [0, 0.1) is 17.0 Å². The lowest BCUT2D eigenvalue weighted by Crippen LogP contribution is -2.13. The van der Waals surface area contributed by atoms with E-state index in [2.05, 4.69) is 15.0 Å². The van der Waals surface area contributed by atoms with Crippen molar-refractivity contribution < 1.29 is 27.4 Å². The number of alkyl halides is 3. The summed E-state index contributed by atoms with van der Waals surface area (Å²) in [6.07, 6.45) is -4.92. The minimum atomic E-state index is -4.92. The summed E-state index contributed by atoms with van der Waals surface area (Å²) >= 11 is 0. The molecule has 0 unspecified atom stereocenters. The second-order valence-corrected chi connectivity index (χ2v) is 4.27. The van der Waals surface area contributed by atoms with E-state index in [-0.39, 0.29) is 11.4 Å². The Kier molecular flexibility index (Phi) is 3.85. The van der Waals surface area contributed by atoms with Crippen LogP contribution in [0.2, 0.25) is 0 Å². The molecule has 0 atom stereocenters. The Balaban J connectivity index is 2.33. The maximum absolute atomic E-state index is 12.8. The van der Waals surface area contributed by atoms with Crippen LogP contribution in [0.1, 0.15) is 21.8 Å². The molecule has 1 heterocycles. The van der Waals surface area contributed by atoms with Crippen LogP contribution in [0.25, 0.3) is 0 Å². The molecular formula is C12H8F3N3O4. The maximum Gasteiger partial charge on any atom is 0.423 e. The van der Waals surface area contributed by atoms with Crippen LogP contribution in [0.5, 0.6) is 0 Å². The largest absolute Gasteiger partial charge is 0.423 e. The van der Waals surface area contributed by atoms with Gasteiger partial charge in [-0.15, -0.1) is 0 Å². The number of nitro benzene ring substituents is 1. The first kappa shape index (κ1) is 15.5. The molecule has 0 bridgehead atoms. The molecule has 0 radical (unpaired) electrons. The first-order valence-corrected chi connectivity index (χ1v) is 5.79. The second-order valence-electron chi connectivity index (χ2n) is 4.27. The number of nitrogens with zero attached hydrogens (tertiary/aromatic N) is 2. The molecule has 1 N–H and O–H groups in total. The zero-order valence-corrected chi connectivity index (χ0v) is 11.0. The molecule has 0 saturated carbocycles. The van der Waals surface area contributed by atoms with E-state index in [1.807, 2.05) is 0 Å². The van der Waals surface area contributed by atoms with Crippen LogP contribution in [-0.2, 0) is 6.18 Å². The average Bonchev–Trinajstić information content (AvgIpc) is 2.84. The second kappa shape index (κ2) is 5.47. The van der Waals surface area contributed by atoms with Crippen molar-refractivity contribution in [2.45, 2.75) is 13.1 Å². The van der Waals surface area contributed by atoms with Crippen LogP contribution in [0.15, 0.2) is 28.8 Å². The van der Waals surface area contributed by atoms with E-state index < -0.39 is 28.3 Å². The van der Waals surface area contributed by atoms with E-state index in [0.717, 1.165) is 6.07 Å². The number of carbonyl (C=O) groups excluding carboxylic acids is 1. The fraction of sp³-hybridized carbons (Fsp3) is 0.167. The summed E-state index contributed by atoms with van der Waals surface area (Å²) in [6, 6.07) is 3.45. The van der Waals surface area contributed by atoms with Crippen LogP contribution < -0.4 is 5.32 Å². The zero-order valence-electron chi connectivity index (χ0n) is 11.0. The van der Waals surface area contributed by atoms with Crippen LogP contribution in [0.3, 0.4) is 0 Å². The van der Waals surface area contributed by atoms with Crippen molar-refractivity contribution in [3.05, 3.63) is 51.4 Å². The molecule has 0 fully saturated rings. The van der Waals surface area contributed by atoms with Crippen molar-refractivity contribution >= 4 is 17.3 Å². The van der Waals surface area contributed by atoms with E-state index in [0.29, 0.717) is 17.8 Å². The van der Waals surface area contributed by atoms with Crippen LogP contribution in [0.4, 0.5) is 24.5 Å². The molecule has 2 rings (SSSR count). The molecule has 0 aliphatic heterocycles. The van der Waals surface area contributed by atoms with Crippen LogP contribution in [-0.4, -0.2) is 16.0 Å². The number of rotatable bonds is 3. The third-order valence-corrected chi connectivity index (χ3v) is 2.61. The number of carbonyl (C=O) groups is 1. The van der Waals surface area contributed by atoms with Gasteiger partial charge in [0.15, 0.2) is 0 Å². The quantitative estimate of drug-likeness (QED) is 0.693. The highest BCUT2D eigenvalue weighted by Gasteiger charge is 2.38. The summed E-state index contributed by atoms with van der Waals surface area (Å²) in [6.45, 7) is 1.56. The van der Waals surface area contributed by atoms with Crippen molar-refractivity contribution in [1.82, 2.24) is 5.16 Å². The number of hydrogen-bond acceptors (Lipinski definition) is 5. The van der Waals surface area contributed by atoms with Crippen molar-refractivity contribution in [3.8, 4) is 0 Å². The topological polar surface area (TPSA) is 98.3 Å². The monoisotopic (exact) mass is 315 g/mol. The van der Waals surface area contributed by atoms with E-state index >= 15 is 0 Å². The lowest BCUT2D eigenvalue weighted by molar-refractivity contribution is -0.388. The van der Waals surface area contributed by atoms with E-state index in [1.165, 1.54) is 6.07 Å². The Hall–Kier alpha value is -2.91. The Morgan fingerprint density at radius 3 is 2.55 bits per heavy atom. The summed E-state index contributed by atoms with van der Waals surface area (Å²) in [7, 11) is 0. The number of hydrogen-bond donors (Lipinski definition) is 1. The highest BCUT2D eigenvalue weighted by Crippen LogP contribution is 2.37. The molecule has 22 heavy (non-hydrogen) atoms. The number of amides is 1. The molecule has 0 spiro atoms. The van der Waals surface area contributed by atoms with Gasteiger partial charge < -0.3 is 9.84 Å². The van der Waals surface area contributed by atoms with Gasteiger partial charge >= 0.3 is 6.18 Å². The van der Waals surface area contributed by atoms with E-state index in [4.69, 9.17) is 0 Å². The highest BCUT2D eigenvalue weighted by atomic mass is 19.4. The average molecular weight is 315 g/mol. The molecular weight excluding hydrogens is 307 g/mol. The van der Waals surface area contributed by atoms with Gasteiger partial charge in [0.25, 0.3) is 11.6 Å². The van der Waals surface area contributed by atoms with Gasteiger partial charge in [-0.2, -0.15) is 13.2 Å². The Morgan fingerprint density at radius 1 is 1.36 bits per heavy atom. The number of aryl methyl sites for hydroxylation is 1. The molecule has 0 aliphatic carbocycles. The van der Waals surface area contributed by atoms with Gasteiger partial charge in [0.1, 0.15) is 5.56 Å². The summed E-state index contributed by atoms with van der Waals surface area (Å²) in [5, 5.41) is 16.2. The van der Waals surface area contributed by atoms with Gasteiger partial charge in [0.05, 0.1) is 10.6 Å². The van der Waals surface area contributed by atoms with E-state index in [1.54, 1.807) is 6.92 Å². The lowest BCUT2D eigenvalue weighted by Gasteiger charge is -2.09. The van der Waals surface area contributed by atoms with Crippen molar-refractivity contribution in [2.24, 2.45) is 0 Å². The van der Waals surface area contributed by atoms with Crippen LogP contribution >= 0.6 is 0 Å². The fourth-order valence-corrected chi connectivity index (χ4v) is 1.66. The fourth-order valence-electron chi connectivity index (χ4n) is 1.66. The number of nitro groups is 1. The summed E-state index contributed by atoms with van der Waals surface area (Å²) in [5.74, 6) is -1.01. The molecule has 116 valence electrons.